The first-order valence-electron chi connectivity index (χ1n) is 6.69. The Balaban J connectivity index is 1.70. The average molecular weight is 221 g/mol. The van der Waals surface area contributed by atoms with Crippen molar-refractivity contribution in [3.05, 3.63) is 0 Å². The van der Waals surface area contributed by atoms with Crippen molar-refractivity contribution in [1.82, 2.24) is 10.2 Å². The van der Waals surface area contributed by atoms with E-state index in [1.165, 1.54) is 45.2 Å². The Labute approximate surface area is 98.8 Å². The molecule has 1 aliphatic carbocycles. The topological polar surface area (TPSA) is 39.1 Å². The van der Waals surface area contributed by atoms with Crippen LogP contribution in [0.15, 0.2) is 0 Å². The van der Waals surface area contributed by atoms with Gasteiger partial charge in [0.05, 0.1) is 6.07 Å². The Morgan fingerprint density at radius 2 is 2.25 bits per heavy atom. The number of nitrogens with zero attached hydrogens (tertiary/aromatic N) is 2. The fourth-order valence-corrected chi connectivity index (χ4v) is 2.65. The summed E-state index contributed by atoms with van der Waals surface area (Å²) in [6.45, 7) is 5.58. The van der Waals surface area contributed by atoms with Crippen molar-refractivity contribution in [3.63, 3.8) is 0 Å². The van der Waals surface area contributed by atoms with Gasteiger partial charge in [-0.1, -0.05) is 13.3 Å². The standard InChI is InChI=1S/C13H23N3/c1-2-3-11-6-7-16(9-11)10-13(8-14)15-12-4-5-12/h11-13,15H,2-7,9-10H2,1H3. The molecule has 0 spiro atoms. The van der Waals surface area contributed by atoms with E-state index >= 15 is 0 Å². The molecule has 2 fully saturated rings. The quantitative estimate of drug-likeness (QED) is 0.742. The number of rotatable bonds is 6. The van der Waals surface area contributed by atoms with Gasteiger partial charge in [0.15, 0.2) is 0 Å². The van der Waals surface area contributed by atoms with Gasteiger partial charge in [-0.3, -0.25) is 5.32 Å². The van der Waals surface area contributed by atoms with E-state index in [-0.39, 0.29) is 6.04 Å². The zero-order valence-corrected chi connectivity index (χ0v) is 10.3. The van der Waals surface area contributed by atoms with Crippen molar-refractivity contribution in [1.29, 1.82) is 5.26 Å². The molecular formula is C13H23N3. The maximum absolute atomic E-state index is 9.09. The van der Waals surface area contributed by atoms with Gasteiger partial charge in [-0.05, 0) is 38.1 Å². The molecular weight excluding hydrogens is 198 g/mol. The minimum absolute atomic E-state index is 0.0490. The van der Waals surface area contributed by atoms with Crippen LogP contribution in [0, 0.1) is 17.2 Å². The second kappa shape index (κ2) is 5.65. The van der Waals surface area contributed by atoms with Crippen LogP contribution in [0.4, 0.5) is 0 Å². The van der Waals surface area contributed by atoms with Crippen LogP contribution < -0.4 is 5.32 Å². The molecule has 2 atom stereocenters. The smallest absolute Gasteiger partial charge is 0.108 e. The van der Waals surface area contributed by atoms with Crippen molar-refractivity contribution in [2.75, 3.05) is 19.6 Å². The van der Waals surface area contributed by atoms with Crippen LogP contribution in [-0.4, -0.2) is 36.6 Å². The van der Waals surface area contributed by atoms with Gasteiger partial charge in [-0.25, -0.2) is 0 Å². The van der Waals surface area contributed by atoms with Crippen LogP contribution in [0.25, 0.3) is 0 Å². The highest BCUT2D eigenvalue weighted by Crippen LogP contribution is 2.22. The molecule has 1 heterocycles. The van der Waals surface area contributed by atoms with Gasteiger partial charge >= 0.3 is 0 Å². The Morgan fingerprint density at radius 3 is 2.88 bits per heavy atom. The highest BCUT2D eigenvalue weighted by Gasteiger charge is 2.28. The Hall–Kier alpha value is -0.590. The van der Waals surface area contributed by atoms with Crippen LogP contribution in [0.3, 0.4) is 0 Å². The summed E-state index contributed by atoms with van der Waals surface area (Å²) in [5.41, 5.74) is 0. The van der Waals surface area contributed by atoms with Gasteiger partial charge in [0.25, 0.3) is 0 Å². The molecule has 0 aromatic heterocycles. The van der Waals surface area contributed by atoms with E-state index in [1.54, 1.807) is 0 Å². The van der Waals surface area contributed by atoms with E-state index in [0.29, 0.717) is 6.04 Å². The molecule has 1 aliphatic heterocycles. The summed E-state index contributed by atoms with van der Waals surface area (Å²) in [6.07, 6.45) is 6.49. The third-order valence-corrected chi connectivity index (χ3v) is 3.68. The number of hydrogen-bond acceptors (Lipinski definition) is 3. The fourth-order valence-electron chi connectivity index (χ4n) is 2.65. The highest BCUT2D eigenvalue weighted by molar-refractivity contribution is 4.98. The summed E-state index contributed by atoms with van der Waals surface area (Å²) in [7, 11) is 0. The normalized spacial score (nSPS) is 27.9. The number of hydrogen-bond donors (Lipinski definition) is 1. The van der Waals surface area contributed by atoms with Crippen molar-refractivity contribution >= 4 is 0 Å². The maximum atomic E-state index is 9.09. The van der Waals surface area contributed by atoms with Crippen molar-refractivity contribution in [2.24, 2.45) is 5.92 Å². The Morgan fingerprint density at radius 1 is 1.44 bits per heavy atom. The zero-order chi connectivity index (χ0) is 11.4. The van der Waals surface area contributed by atoms with Gasteiger partial charge < -0.3 is 4.90 Å². The molecule has 16 heavy (non-hydrogen) atoms. The van der Waals surface area contributed by atoms with Crippen molar-refractivity contribution in [2.45, 2.75) is 51.1 Å². The number of nitriles is 1. The van der Waals surface area contributed by atoms with Crippen LogP contribution >= 0.6 is 0 Å². The summed E-state index contributed by atoms with van der Waals surface area (Å²) in [4.78, 5) is 2.46. The van der Waals surface area contributed by atoms with E-state index < -0.39 is 0 Å². The predicted octanol–water partition coefficient (Wildman–Crippen LogP) is 1.75. The third-order valence-electron chi connectivity index (χ3n) is 3.68. The third kappa shape index (κ3) is 3.47. The Kier molecular flexibility index (Phi) is 4.20. The summed E-state index contributed by atoms with van der Waals surface area (Å²) in [5.74, 6) is 0.880. The van der Waals surface area contributed by atoms with Gasteiger partial charge in [0.1, 0.15) is 6.04 Å². The monoisotopic (exact) mass is 221 g/mol. The lowest BCUT2D eigenvalue weighted by molar-refractivity contribution is 0.298. The van der Waals surface area contributed by atoms with Gasteiger partial charge in [-0.15, -0.1) is 0 Å². The first-order valence-corrected chi connectivity index (χ1v) is 6.69. The largest absolute Gasteiger partial charge is 0.300 e. The minimum Gasteiger partial charge on any atom is -0.300 e. The molecule has 1 saturated heterocycles. The molecule has 1 N–H and O–H groups in total. The first kappa shape index (κ1) is 11.9. The summed E-state index contributed by atoms with van der Waals surface area (Å²) in [6, 6.07) is 3.08. The van der Waals surface area contributed by atoms with Gasteiger partial charge in [0, 0.05) is 19.1 Å². The van der Waals surface area contributed by atoms with Crippen molar-refractivity contribution < 1.29 is 0 Å². The average Bonchev–Trinajstić information content (AvgIpc) is 2.99. The molecule has 0 bridgehead atoms. The number of nitrogens with one attached hydrogen (secondary N) is 1. The maximum Gasteiger partial charge on any atom is 0.108 e. The molecule has 3 heteroatoms. The van der Waals surface area contributed by atoms with Crippen LogP contribution in [0.1, 0.15) is 39.0 Å². The fraction of sp³-hybridized carbons (Fsp3) is 0.923. The lowest BCUT2D eigenvalue weighted by atomic mass is 10.0. The molecule has 0 amide bonds. The van der Waals surface area contributed by atoms with E-state index in [4.69, 9.17) is 5.26 Å². The number of likely N-dealkylation sites (tertiary alicyclic amines) is 1. The first-order chi connectivity index (χ1) is 7.81. The van der Waals surface area contributed by atoms with Crippen molar-refractivity contribution in [3.8, 4) is 6.07 Å². The lowest BCUT2D eigenvalue weighted by Crippen LogP contribution is -2.40. The van der Waals surface area contributed by atoms with Gasteiger partial charge in [0.2, 0.25) is 0 Å². The minimum atomic E-state index is 0.0490. The molecule has 2 aliphatic rings. The summed E-state index contributed by atoms with van der Waals surface area (Å²) in [5, 5.41) is 12.5. The molecule has 2 rings (SSSR count). The zero-order valence-electron chi connectivity index (χ0n) is 10.3. The molecule has 90 valence electrons. The van der Waals surface area contributed by atoms with Gasteiger partial charge in [-0.2, -0.15) is 5.26 Å². The molecule has 1 saturated carbocycles. The van der Waals surface area contributed by atoms with E-state index in [0.717, 1.165) is 12.5 Å². The highest BCUT2D eigenvalue weighted by atomic mass is 15.2. The molecule has 0 aromatic carbocycles. The molecule has 0 aromatic rings. The van der Waals surface area contributed by atoms with E-state index in [9.17, 15) is 0 Å². The van der Waals surface area contributed by atoms with Crippen LogP contribution in [-0.2, 0) is 0 Å². The SMILES string of the molecule is CCCC1CCN(CC(C#N)NC2CC2)C1. The second-order valence-corrected chi connectivity index (χ2v) is 5.33. The lowest BCUT2D eigenvalue weighted by Gasteiger charge is -2.20. The Bertz CT molecular complexity index is 254. The predicted molar refractivity (Wildman–Crippen MR) is 65.0 cm³/mol. The summed E-state index contributed by atoms with van der Waals surface area (Å²) < 4.78 is 0. The van der Waals surface area contributed by atoms with E-state index in [1.807, 2.05) is 0 Å². The van der Waals surface area contributed by atoms with E-state index in [2.05, 4.69) is 23.2 Å². The molecule has 0 radical (unpaired) electrons. The molecule has 3 nitrogen and oxygen atoms in total. The molecule has 2 unspecified atom stereocenters. The summed E-state index contributed by atoms with van der Waals surface area (Å²) >= 11 is 0. The second-order valence-electron chi connectivity index (χ2n) is 5.33. The van der Waals surface area contributed by atoms with Crippen LogP contribution in [0.2, 0.25) is 0 Å². The van der Waals surface area contributed by atoms with Crippen LogP contribution in [0.5, 0.6) is 0 Å².